The minimum atomic E-state index is -4.22. The molecule has 0 saturated carbocycles. The molecule has 5 heteroatoms. The maximum Gasteiger partial charge on any atom is 0.391 e. The highest BCUT2D eigenvalue weighted by Crippen LogP contribution is 2.28. The predicted molar refractivity (Wildman–Crippen MR) is 39.8 cm³/mol. The molecule has 0 aromatic carbocycles. The maximum atomic E-state index is 11.9. The molecule has 0 aromatic heterocycles. The van der Waals surface area contributed by atoms with Gasteiger partial charge in [-0.3, -0.25) is 0 Å². The first-order valence-corrected chi connectivity index (χ1v) is 3.74. The van der Waals surface area contributed by atoms with Crippen molar-refractivity contribution in [3.63, 3.8) is 0 Å². The molecule has 0 fully saturated rings. The zero-order valence-corrected chi connectivity index (χ0v) is 7.24. The summed E-state index contributed by atoms with van der Waals surface area (Å²) in [6.45, 7) is 3.12. The molecule has 12 heavy (non-hydrogen) atoms. The monoisotopic (exact) mass is 185 g/mol. The van der Waals surface area contributed by atoms with E-state index < -0.39 is 18.2 Å². The van der Waals surface area contributed by atoms with E-state index >= 15 is 0 Å². The van der Waals surface area contributed by atoms with Crippen molar-refractivity contribution in [1.29, 1.82) is 0 Å². The fourth-order valence-electron chi connectivity index (χ4n) is 0.955. The van der Waals surface area contributed by atoms with E-state index in [1.54, 1.807) is 6.92 Å². The Hall–Kier alpha value is -0.290. The zero-order chi connectivity index (χ0) is 9.83. The number of nitrogens with two attached hydrogens (primary N) is 1. The second-order valence-corrected chi connectivity index (χ2v) is 2.88. The van der Waals surface area contributed by atoms with E-state index in [4.69, 9.17) is 10.5 Å². The Bertz CT molecular complexity index is 137. The van der Waals surface area contributed by atoms with Crippen LogP contribution in [0.25, 0.3) is 0 Å². The minimum Gasteiger partial charge on any atom is -0.374 e. The van der Waals surface area contributed by atoms with Crippen molar-refractivity contribution in [2.24, 2.45) is 5.73 Å². The number of hydrogen-bond acceptors (Lipinski definition) is 2. The van der Waals surface area contributed by atoms with Gasteiger partial charge in [-0.25, -0.2) is 0 Å². The van der Waals surface area contributed by atoms with Crippen molar-refractivity contribution in [1.82, 2.24) is 0 Å². The lowest BCUT2D eigenvalue weighted by molar-refractivity contribution is -0.181. The smallest absolute Gasteiger partial charge is 0.374 e. The lowest BCUT2D eigenvalue weighted by atomic mass is 10.0. The molecule has 0 aliphatic rings. The van der Waals surface area contributed by atoms with Crippen LogP contribution in [-0.2, 0) is 4.74 Å². The summed E-state index contributed by atoms with van der Waals surface area (Å²) in [4.78, 5) is 0. The first-order valence-electron chi connectivity index (χ1n) is 3.74. The molecular formula is C7H14F3NO. The topological polar surface area (TPSA) is 35.2 Å². The molecule has 0 aliphatic heterocycles. The second-order valence-electron chi connectivity index (χ2n) is 2.88. The zero-order valence-electron chi connectivity index (χ0n) is 7.24. The van der Waals surface area contributed by atoms with Gasteiger partial charge in [0, 0.05) is 13.2 Å². The third-order valence-electron chi connectivity index (χ3n) is 1.50. The van der Waals surface area contributed by atoms with Crippen molar-refractivity contribution >= 4 is 0 Å². The van der Waals surface area contributed by atoms with Crippen molar-refractivity contribution in [2.45, 2.75) is 32.0 Å². The summed E-state index contributed by atoms with van der Waals surface area (Å²) in [6.07, 6.45) is -5.21. The van der Waals surface area contributed by atoms with Gasteiger partial charge in [0.2, 0.25) is 0 Å². The average Bonchev–Trinajstić information content (AvgIpc) is 1.84. The molecule has 1 atom stereocenters. The van der Waals surface area contributed by atoms with Crippen LogP contribution in [0.2, 0.25) is 0 Å². The molecule has 0 heterocycles. The Labute approximate surface area is 69.9 Å². The highest BCUT2D eigenvalue weighted by Gasteiger charge is 2.39. The molecule has 0 radical (unpaired) electrons. The first kappa shape index (κ1) is 11.7. The van der Waals surface area contributed by atoms with Gasteiger partial charge in [-0.2, -0.15) is 13.2 Å². The number of hydrogen-bond donors (Lipinski definition) is 1. The van der Waals surface area contributed by atoms with Gasteiger partial charge in [0.25, 0.3) is 0 Å². The van der Waals surface area contributed by atoms with Crippen LogP contribution in [0.5, 0.6) is 0 Å². The number of alkyl halides is 3. The Morgan fingerprint density at radius 2 is 1.83 bits per heavy atom. The Morgan fingerprint density at radius 1 is 1.33 bits per heavy atom. The molecule has 0 aromatic rings. The average molecular weight is 185 g/mol. The quantitative estimate of drug-likeness (QED) is 0.723. The summed E-state index contributed by atoms with van der Waals surface area (Å²) >= 11 is 0. The van der Waals surface area contributed by atoms with E-state index in [0.717, 1.165) is 0 Å². The lowest BCUT2D eigenvalue weighted by Crippen LogP contribution is -2.41. The van der Waals surface area contributed by atoms with Crippen molar-refractivity contribution in [2.75, 3.05) is 13.2 Å². The third kappa shape index (κ3) is 4.56. The summed E-state index contributed by atoms with van der Waals surface area (Å²) in [7, 11) is 0. The molecule has 0 bridgehead atoms. The Balaban J connectivity index is 4.14. The van der Waals surface area contributed by atoms with Crippen LogP contribution in [0.4, 0.5) is 13.2 Å². The van der Waals surface area contributed by atoms with Crippen LogP contribution >= 0.6 is 0 Å². The van der Waals surface area contributed by atoms with Crippen LogP contribution in [0.1, 0.15) is 20.3 Å². The summed E-state index contributed by atoms with van der Waals surface area (Å²) in [6, 6.07) is 0. The highest BCUT2D eigenvalue weighted by molar-refractivity contribution is 4.79. The summed E-state index contributed by atoms with van der Waals surface area (Å²) in [5.74, 6) is 0. The molecule has 0 saturated heterocycles. The van der Waals surface area contributed by atoms with E-state index in [0.29, 0.717) is 0 Å². The number of ether oxygens (including phenoxy) is 1. The molecule has 0 spiro atoms. The molecule has 74 valence electrons. The normalized spacial score (nSPS) is 17.5. The molecule has 0 amide bonds. The maximum absolute atomic E-state index is 11.9. The van der Waals surface area contributed by atoms with Crippen molar-refractivity contribution in [3.05, 3.63) is 0 Å². The van der Waals surface area contributed by atoms with Crippen molar-refractivity contribution < 1.29 is 17.9 Å². The van der Waals surface area contributed by atoms with E-state index in [9.17, 15) is 13.2 Å². The van der Waals surface area contributed by atoms with E-state index in [-0.39, 0.29) is 13.2 Å². The molecule has 1 unspecified atom stereocenters. The van der Waals surface area contributed by atoms with E-state index in [1.165, 1.54) is 6.92 Å². The van der Waals surface area contributed by atoms with Gasteiger partial charge in [-0.15, -0.1) is 0 Å². The SMILES string of the molecule is CCOC(C)(CN)CC(F)(F)F. The lowest BCUT2D eigenvalue weighted by Gasteiger charge is -2.28. The fraction of sp³-hybridized carbons (Fsp3) is 1.00. The number of rotatable bonds is 4. The van der Waals surface area contributed by atoms with Gasteiger partial charge in [-0.1, -0.05) is 0 Å². The van der Waals surface area contributed by atoms with Gasteiger partial charge in [0.1, 0.15) is 0 Å². The minimum absolute atomic E-state index is 0.125. The fourth-order valence-corrected chi connectivity index (χ4v) is 0.955. The van der Waals surface area contributed by atoms with Gasteiger partial charge >= 0.3 is 6.18 Å². The molecule has 2 nitrogen and oxygen atoms in total. The van der Waals surface area contributed by atoms with Crippen LogP contribution in [0.3, 0.4) is 0 Å². The van der Waals surface area contributed by atoms with Crippen LogP contribution in [0, 0.1) is 0 Å². The molecule has 2 N–H and O–H groups in total. The summed E-state index contributed by atoms with van der Waals surface area (Å²) < 4.78 is 40.7. The molecular weight excluding hydrogens is 171 g/mol. The van der Waals surface area contributed by atoms with Crippen LogP contribution in [-0.4, -0.2) is 24.9 Å². The summed E-state index contributed by atoms with van der Waals surface area (Å²) in [5, 5.41) is 0. The van der Waals surface area contributed by atoms with E-state index in [1.807, 2.05) is 0 Å². The molecule has 0 rings (SSSR count). The van der Waals surface area contributed by atoms with Gasteiger partial charge in [0.05, 0.1) is 12.0 Å². The van der Waals surface area contributed by atoms with Gasteiger partial charge in [0.15, 0.2) is 0 Å². The standard InChI is InChI=1S/C7H14F3NO/c1-3-12-6(2,5-11)4-7(8,9)10/h3-5,11H2,1-2H3. The highest BCUT2D eigenvalue weighted by atomic mass is 19.4. The summed E-state index contributed by atoms with van der Waals surface area (Å²) in [5.41, 5.74) is 3.90. The van der Waals surface area contributed by atoms with Crippen molar-refractivity contribution in [3.8, 4) is 0 Å². The van der Waals surface area contributed by atoms with E-state index in [2.05, 4.69) is 0 Å². The van der Waals surface area contributed by atoms with Crippen LogP contribution in [0.15, 0.2) is 0 Å². The Morgan fingerprint density at radius 3 is 2.08 bits per heavy atom. The third-order valence-corrected chi connectivity index (χ3v) is 1.50. The molecule has 0 aliphatic carbocycles. The Kier molecular flexibility index (Phi) is 3.99. The van der Waals surface area contributed by atoms with Crippen LogP contribution < -0.4 is 5.73 Å². The van der Waals surface area contributed by atoms with Gasteiger partial charge in [-0.05, 0) is 13.8 Å². The second kappa shape index (κ2) is 4.09. The number of halogens is 3. The predicted octanol–water partition coefficient (Wildman–Crippen LogP) is 1.69. The first-order chi connectivity index (χ1) is 5.33. The largest absolute Gasteiger partial charge is 0.391 e. The van der Waals surface area contributed by atoms with Gasteiger partial charge < -0.3 is 10.5 Å².